The molecule has 5 nitrogen and oxygen atoms in total. The minimum absolute atomic E-state index is 0.00222. The molecular formula is C24H27FN2O3. The van der Waals surface area contributed by atoms with Gasteiger partial charge in [0, 0.05) is 29.8 Å². The van der Waals surface area contributed by atoms with Gasteiger partial charge in [0.25, 0.3) is 0 Å². The summed E-state index contributed by atoms with van der Waals surface area (Å²) < 4.78 is 24.4. The van der Waals surface area contributed by atoms with E-state index in [1.807, 2.05) is 18.2 Å². The fourth-order valence-corrected chi connectivity index (χ4v) is 4.27. The first kappa shape index (κ1) is 20.3. The van der Waals surface area contributed by atoms with Crippen LogP contribution in [0, 0.1) is 5.82 Å². The zero-order valence-electron chi connectivity index (χ0n) is 17.4. The van der Waals surface area contributed by atoms with E-state index in [9.17, 15) is 9.18 Å². The zero-order valence-corrected chi connectivity index (χ0v) is 17.4. The number of hydrogen-bond acceptors (Lipinski definition) is 3. The quantitative estimate of drug-likeness (QED) is 0.538. The number of amides is 1. The normalized spacial score (nSPS) is 14.9. The average molecular weight is 410 g/mol. The molecule has 1 aliphatic carbocycles. The first-order valence-corrected chi connectivity index (χ1v) is 10.3. The molecule has 0 atom stereocenters. The van der Waals surface area contributed by atoms with Crippen LogP contribution in [-0.2, 0) is 16.6 Å². The smallest absolute Gasteiger partial charge is 0.230 e. The number of H-pyrrole nitrogens is 1. The van der Waals surface area contributed by atoms with Crippen LogP contribution >= 0.6 is 0 Å². The second kappa shape index (κ2) is 8.38. The molecular weight excluding hydrogens is 383 g/mol. The van der Waals surface area contributed by atoms with Crippen molar-refractivity contribution >= 4 is 16.8 Å². The molecule has 0 radical (unpaired) electrons. The highest BCUT2D eigenvalue weighted by Gasteiger charge is 2.45. The van der Waals surface area contributed by atoms with Gasteiger partial charge in [-0.3, -0.25) is 4.79 Å². The summed E-state index contributed by atoms with van der Waals surface area (Å²) in [5.74, 6) is 1.21. The van der Waals surface area contributed by atoms with Crippen LogP contribution in [0.5, 0.6) is 11.5 Å². The molecule has 30 heavy (non-hydrogen) atoms. The molecule has 0 bridgehead atoms. The summed E-state index contributed by atoms with van der Waals surface area (Å²) >= 11 is 0. The van der Waals surface area contributed by atoms with Crippen LogP contribution in [0.15, 0.2) is 42.5 Å². The van der Waals surface area contributed by atoms with Crippen molar-refractivity contribution in [3.63, 3.8) is 0 Å². The van der Waals surface area contributed by atoms with E-state index < -0.39 is 5.41 Å². The second-order valence-electron chi connectivity index (χ2n) is 7.89. The molecule has 0 saturated heterocycles. The number of rotatable bonds is 8. The molecule has 4 rings (SSSR count). The Morgan fingerprint density at radius 1 is 1.17 bits per heavy atom. The molecule has 1 amide bonds. The van der Waals surface area contributed by atoms with Gasteiger partial charge in [0.1, 0.15) is 17.3 Å². The molecule has 2 aromatic carbocycles. The predicted octanol–water partition coefficient (Wildman–Crippen LogP) is 4.49. The number of halogens is 1. The highest BCUT2D eigenvalue weighted by atomic mass is 19.1. The lowest BCUT2D eigenvalue weighted by atomic mass is 9.64. The summed E-state index contributed by atoms with van der Waals surface area (Å²) in [4.78, 5) is 16.3. The maximum Gasteiger partial charge on any atom is 0.230 e. The molecule has 0 unspecified atom stereocenters. The Balaban J connectivity index is 1.37. The highest BCUT2D eigenvalue weighted by Crippen LogP contribution is 2.44. The van der Waals surface area contributed by atoms with E-state index in [1.165, 1.54) is 12.1 Å². The third kappa shape index (κ3) is 3.74. The Morgan fingerprint density at radius 2 is 2.00 bits per heavy atom. The summed E-state index contributed by atoms with van der Waals surface area (Å²) in [5.41, 5.74) is 2.25. The molecule has 2 N–H and O–H groups in total. The third-order valence-electron chi connectivity index (χ3n) is 6.11. The third-order valence-corrected chi connectivity index (χ3v) is 6.11. The van der Waals surface area contributed by atoms with Crippen LogP contribution in [0.4, 0.5) is 4.39 Å². The van der Waals surface area contributed by atoms with E-state index in [4.69, 9.17) is 9.47 Å². The topological polar surface area (TPSA) is 63.4 Å². The first-order valence-electron chi connectivity index (χ1n) is 10.3. The lowest BCUT2D eigenvalue weighted by Gasteiger charge is -2.40. The van der Waals surface area contributed by atoms with E-state index in [0.29, 0.717) is 6.54 Å². The molecule has 158 valence electrons. The van der Waals surface area contributed by atoms with E-state index in [1.54, 1.807) is 20.3 Å². The Hall–Kier alpha value is -3.02. The second-order valence-corrected chi connectivity index (χ2v) is 7.89. The molecule has 0 aliphatic heterocycles. The maximum absolute atomic E-state index is 13.7. The van der Waals surface area contributed by atoms with Gasteiger partial charge >= 0.3 is 0 Å². The summed E-state index contributed by atoms with van der Waals surface area (Å²) in [5, 5.41) is 4.08. The fraction of sp³-hybridized carbons (Fsp3) is 0.375. The number of hydrogen-bond donors (Lipinski definition) is 2. The van der Waals surface area contributed by atoms with E-state index in [2.05, 4.69) is 16.4 Å². The van der Waals surface area contributed by atoms with Crippen molar-refractivity contribution < 1.29 is 18.7 Å². The fourth-order valence-electron chi connectivity index (χ4n) is 4.27. The van der Waals surface area contributed by atoms with Gasteiger partial charge in [-0.25, -0.2) is 4.39 Å². The number of nitrogens with one attached hydrogen (secondary N) is 2. The minimum Gasteiger partial charge on any atom is -0.497 e. The summed E-state index contributed by atoms with van der Waals surface area (Å²) in [6.45, 7) is 0.575. The summed E-state index contributed by atoms with van der Waals surface area (Å²) in [6.07, 6.45) is 4.13. The summed E-state index contributed by atoms with van der Waals surface area (Å²) in [7, 11) is 3.27. The number of methoxy groups -OCH3 is 2. The van der Waals surface area contributed by atoms with Gasteiger partial charge in [-0.2, -0.15) is 0 Å². The number of aryl methyl sites for hydroxylation is 1. The van der Waals surface area contributed by atoms with E-state index in [-0.39, 0.29) is 11.7 Å². The van der Waals surface area contributed by atoms with Crippen molar-refractivity contribution in [2.24, 2.45) is 0 Å². The number of aromatic amines is 1. The maximum atomic E-state index is 13.7. The average Bonchev–Trinajstić information content (AvgIpc) is 3.12. The van der Waals surface area contributed by atoms with Crippen molar-refractivity contribution in [1.82, 2.24) is 10.3 Å². The Labute approximate surface area is 175 Å². The van der Waals surface area contributed by atoms with Crippen LogP contribution < -0.4 is 14.8 Å². The zero-order chi connectivity index (χ0) is 21.1. The van der Waals surface area contributed by atoms with Gasteiger partial charge in [-0.05, 0) is 49.4 Å². The lowest BCUT2D eigenvalue weighted by Crippen LogP contribution is -2.49. The molecule has 1 aromatic heterocycles. The molecule has 3 aromatic rings. The number of benzene rings is 2. The Bertz CT molecular complexity index is 1060. The van der Waals surface area contributed by atoms with Gasteiger partial charge < -0.3 is 19.8 Å². The van der Waals surface area contributed by atoms with Crippen molar-refractivity contribution in [1.29, 1.82) is 0 Å². The van der Waals surface area contributed by atoms with Crippen LogP contribution in [0.2, 0.25) is 0 Å². The Morgan fingerprint density at radius 3 is 2.67 bits per heavy atom. The van der Waals surface area contributed by atoms with Gasteiger partial charge in [-0.1, -0.05) is 18.6 Å². The SMILES string of the molecule is COc1cc(OC)c2cc(CCCNC(=O)C3(c4cccc(F)c4)CCC3)[nH]c2c1. The molecule has 0 spiro atoms. The largest absolute Gasteiger partial charge is 0.497 e. The van der Waals surface area contributed by atoms with E-state index in [0.717, 1.165) is 65.8 Å². The van der Waals surface area contributed by atoms with Crippen LogP contribution in [0.3, 0.4) is 0 Å². The molecule has 1 heterocycles. The van der Waals surface area contributed by atoms with Crippen molar-refractivity contribution in [2.75, 3.05) is 20.8 Å². The van der Waals surface area contributed by atoms with Crippen molar-refractivity contribution in [3.05, 3.63) is 59.5 Å². The molecule has 1 fully saturated rings. The first-order chi connectivity index (χ1) is 14.6. The van der Waals surface area contributed by atoms with Crippen molar-refractivity contribution in [2.45, 2.75) is 37.5 Å². The predicted molar refractivity (Wildman–Crippen MR) is 115 cm³/mol. The van der Waals surface area contributed by atoms with Gasteiger partial charge in [0.2, 0.25) is 5.91 Å². The van der Waals surface area contributed by atoms with Gasteiger partial charge in [0.05, 0.1) is 25.2 Å². The van der Waals surface area contributed by atoms with Crippen molar-refractivity contribution in [3.8, 4) is 11.5 Å². The summed E-state index contributed by atoms with van der Waals surface area (Å²) in [6, 6.07) is 12.3. The Kier molecular flexibility index (Phi) is 5.66. The number of aromatic nitrogens is 1. The van der Waals surface area contributed by atoms with Gasteiger partial charge in [0.15, 0.2) is 0 Å². The number of carbonyl (C=O) groups is 1. The van der Waals surface area contributed by atoms with Crippen LogP contribution in [-0.4, -0.2) is 31.7 Å². The number of carbonyl (C=O) groups excluding carboxylic acids is 1. The number of ether oxygens (including phenoxy) is 2. The van der Waals surface area contributed by atoms with Crippen LogP contribution in [0.25, 0.3) is 10.9 Å². The lowest BCUT2D eigenvalue weighted by molar-refractivity contribution is -0.129. The standard InChI is InChI=1S/C24H27FN2O3/c1-29-19-14-21-20(22(15-19)30-2)13-18(27-21)8-4-11-26-23(28)24(9-5-10-24)16-6-3-7-17(25)12-16/h3,6-7,12-15,27H,4-5,8-11H2,1-2H3,(H,26,28). The molecule has 1 aliphatic rings. The van der Waals surface area contributed by atoms with Crippen LogP contribution in [0.1, 0.15) is 36.9 Å². The minimum atomic E-state index is -0.576. The molecule has 1 saturated carbocycles. The van der Waals surface area contributed by atoms with E-state index >= 15 is 0 Å². The monoisotopic (exact) mass is 410 g/mol. The highest BCUT2D eigenvalue weighted by molar-refractivity contribution is 5.89. The molecule has 6 heteroatoms. The number of fused-ring (bicyclic) bond motifs is 1. The van der Waals surface area contributed by atoms with Gasteiger partial charge in [-0.15, -0.1) is 0 Å².